The second kappa shape index (κ2) is 6.87. The molecule has 0 spiro atoms. The van der Waals surface area contributed by atoms with Gasteiger partial charge in [0, 0.05) is 31.6 Å². The van der Waals surface area contributed by atoms with Gasteiger partial charge in [0.2, 0.25) is 5.28 Å². The van der Waals surface area contributed by atoms with E-state index in [9.17, 15) is 5.11 Å². The average molecular weight is 330 g/mol. The van der Waals surface area contributed by atoms with Crippen LogP contribution >= 0.6 is 22.9 Å². The van der Waals surface area contributed by atoms with Crippen LogP contribution in [-0.2, 0) is 11.2 Å². The first-order valence-corrected chi connectivity index (χ1v) is 8.06. The fraction of sp³-hybridized carbons (Fsp3) is 0.571. The van der Waals surface area contributed by atoms with Gasteiger partial charge in [0.25, 0.3) is 0 Å². The van der Waals surface area contributed by atoms with Crippen molar-refractivity contribution in [2.45, 2.75) is 32.3 Å². The van der Waals surface area contributed by atoms with E-state index in [1.807, 2.05) is 0 Å². The molecule has 5 nitrogen and oxygen atoms in total. The Labute approximate surface area is 133 Å². The Morgan fingerprint density at radius 1 is 1.48 bits per heavy atom. The van der Waals surface area contributed by atoms with E-state index >= 15 is 0 Å². The third-order valence-electron chi connectivity index (χ3n) is 3.25. The lowest BCUT2D eigenvalue weighted by molar-refractivity contribution is 0.0357. The van der Waals surface area contributed by atoms with E-state index in [2.05, 4.69) is 28.3 Å². The van der Waals surface area contributed by atoms with Crippen molar-refractivity contribution in [3.63, 3.8) is 0 Å². The summed E-state index contributed by atoms with van der Waals surface area (Å²) in [6.07, 6.45) is 1.49. The van der Waals surface area contributed by atoms with E-state index in [4.69, 9.17) is 16.3 Å². The van der Waals surface area contributed by atoms with Gasteiger partial charge in [-0.05, 0) is 31.0 Å². The number of hydrogen-bond acceptors (Lipinski definition) is 6. The molecule has 0 aliphatic heterocycles. The maximum absolute atomic E-state index is 10.3. The summed E-state index contributed by atoms with van der Waals surface area (Å²) in [7, 11) is 1.62. The molecule has 0 aromatic carbocycles. The topological polar surface area (TPSA) is 67.3 Å². The molecule has 116 valence electrons. The maximum Gasteiger partial charge on any atom is 0.225 e. The van der Waals surface area contributed by atoms with Gasteiger partial charge in [-0.2, -0.15) is 0 Å². The summed E-state index contributed by atoms with van der Waals surface area (Å²) in [6.45, 7) is 4.75. The van der Waals surface area contributed by atoms with Gasteiger partial charge in [-0.3, -0.25) is 0 Å². The Bertz CT molecular complexity index is 616. The van der Waals surface area contributed by atoms with Crippen LogP contribution in [0.2, 0.25) is 5.28 Å². The van der Waals surface area contributed by atoms with E-state index in [-0.39, 0.29) is 5.28 Å². The number of nitrogens with zero attached hydrogens (tertiary/aromatic N) is 2. The molecule has 0 bridgehead atoms. The number of fused-ring (bicyclic) bond motifs is 1. The number of aryl methyl sites for hydroxylation is 1. The lowest BCUT2D eigenvalue weighted by Crippen LogP contribution is -2.34. The number of nitrogens with one attached hydrogen (secondary N) is 1. The standard InChI is InChI=1S/C14H20ClN3O2S/c1-4-9-7-10-11(17-13(15)18-12(10)21-9)16-8-14(2,19)5-6-20-3/h7,19H,4-6,8H2,1-3H3,(H,16,17,18). The van der Waals surface area contributed by atoms with E-state index in [1.54, 1.807) is 25.4 Å². The van der Waals surface area contributed by atoms with Gasteiger partial charge in [-0.1, -0.05) is 6.92 Å². The van der Waals surface area contributed by atoms with Crippen molar-refractivity contribution in [1.29, 1.82) is 0 Å². The van der Waals surface area contributed by atoms with Gasteiger partial charge in [-0.15, -0.1) is 11.3 Å². The van der Waals surface area contributed by atoms with Crippen LogP contribution in [0.5, 0.6) is 0 Å². The lowest BCUT2D eigenvalue weighted by atomic mass is 10.0. The molecular formula is C14H20ClN3O2S. The minimum atomic E-state index is -0.872. The van der Waals surface area contributed by atoms with Crippen molar-refractivity contribution in [2.24, 2.45) is 0 Å². The van der Waals surface area contributed by atoms with Crippen molar-refractivity contribution in [3.05, 3.63) is 16.2 Å². The normalized spacial score (nSPS) is 14.3. The summed E-state index contributed by atoms with van der Waals surface area (Å²) < 4.78 is 5.00. The molecule has 0 saturated carbocycles. The Morgan fingerprint density at radius 3 is 2.90 bits per heavy atom. The Kier molecular flexibility index (Phi) is 5.37. The predicted molar refractivity (Wildman–Crippen MR) is 87.4 cm³/mol. The minimum Gasteiger partial charge on any atom is -0.388 e. The molecule has 2 rings (SSSR count). The van der Waals surface area contributed by atoms with Crippen LogP contribution in [0.15, 0.2) is 6.07 Å². The monoisotopic (exact) mass is 329 g/mol. The molecule has 1 atom stereocenters. The molecule has 21 heavy (non-hydrogen) atoms. The highest BCUT2D eigenvalue weighted by Gasteiger charge is 2.21. The number of ether oxygens (including phenoxy) is 1. The van der Waals surface area contributed by atoms with Crippen LogP contribution < -0.4 is 5.32 Å². The second-order valence-electron chi connectivity index (χ2n) is 5.22. The van der Waals surface area contributed by atoms with Gasteiger partial charge in [0.1, 0.15) is 10.6 Å². The highest BCUT2D eigenvalue weighted by molar-refractivity contribution is 7.18. The molecule has 0 fully saturated rings. The molecule has 2 heterocycles. The van der Waals surface area contributed by atoms with Gasteiger partial charge in [-0.25, -0.2) is 9.97 Å². The van der Waals surface area contributed by atoms with Gasteiger partial charge < -0.3 is 15.2 Å². The smallest absolute Gasteiger partial charge is 0.225 e. The Morgan fingerprint density at radius 2 is 2.24 bits per heavy atom. The van der Waals surface area contributed by atoms with Crippen LogP contribution in [0, 0.1) is 0 Å². The summed E-state index contributed by atoms with van der Waals surface area (Å²) in [4.78, 5) is 10.6. The molecule has 2 N–H and O–H groups in total. The van der Waals surface area contributed by atoms with E-state index in [1.165, 1.54) is 4.88 Å². The van der Waals surface area contributed by atoms with Crippen LogP contribution in [0.3, 0.4) is 0 Å². The Balaban J connectivity index is 2.19. The first kappa shape index (κ1) is 16.4. The van der Waals surface area contributed by atoms with Crippen LogP contribution in [0.4, 0.5) is 5.82 Å². The third kappa shape index (κ3) is 4.26. The van der Waals surface area contributed by atoms with Crippen molar-refractivity contribution >= 4 is 39.0 Å². The largest absolute Gasteiger partial charge is 0.388 e. The first-order valence-electron chi connectivity index (χ1n) is 6.86. The summed E-state index contributed by atoms with van der Waals surface area (Å²) in [5.41, 5.74) is -0.872. The number of aromatic nitrogens is 2. The average Bonchev–Trinajstić information content (AvgIpc) is 2.85. The fourth-order valence-electron chi connectivity index (χ4n) is 1.94. The number of methoxy groups -OCH3 is 1. The maximum atomic E-state index is 10.3. The zero-order valence-corrected chi connectivity index (χ0v) is 14.0. The van der Waals surface area contributed by atoms with E-state index in [0.717, 1.165) is 16.6 Å². The summed E-state index contributed by atoms with van der Waals surface area (Å²) in [6, 6.07) is 2.07. The molecule has 0 aliphatic rings. The highest BCUT2D eigenvalue weighted by Crippen LogP contribution is 2.30. The van der Waals surface area contributed by atoms with E-state index in [0.29, 0.717) is 25.4 Å². The Hall–Kier alpha value is -0.950. The molecule has 0 saturated heterocycles. The van der Waals surface area contributed by atoms with Crippen LogP contribution in [0.25, 0.3) is 10.2 Å². The number of thiophene rings is 1. The lowest BCUT2D eigenvalue weighted by Gasteiger charge is -2.23. The molecule has 1 unspecified atom stereocenters. The second-order valence-corrected chi connectivity index (χ2v) is 6.67. The van der Waals surface area contributed by atoms with Crippen molar-refractivity contribution in [3.8, 4) is 0 Å². The molecule has 0 amide bonds. The van der Waals surface area contributed by atoms with Crippen molar-refractivity contribution in [2.75, 3.05) is 25.6 Å². The SMILES string of the molecule is CCc1cc2c(NCC(C)(O)CCOC)nc(Cl)nc2s1. The number of rotatable bonds is 7. The molecule has 0 aliphatic carbocycles. The molecule has 2 aromatic rings. The highest BCUT2D eigenvalue weighted by atomic mass is 35.5. The van der Waals surface area contributed by atoms with Gasteiger partial charge in [0.05, 0.1) is 11.0 Å². The quantitative estimate of drug-likeness (QED) is 0.764. The molecule has 7 heteroatoms. The summed E-state index contributed by atoms with van der Waals surface area (Å²) in [5.74, 6) is 0.665. The van der Waals surface area contributed by atoms with Gasteiger partial charge in [0.15, 0.2) is 0 Å². The van der Waals surface area contributed by atoms with Crippen LogP contribution in [-0.4, -0.2) is 40.9 Å². The predicted octanol–water partition coefficient (Wildman–Crippen LogP) is 3.11. The van der Waals surface area contributed by atoms with Crippen LogP contribution in [0.1, 0.15) is 25.1 Å². The van der Waals surface area contributed by atoms with Crippen molar-refractivity contribution in [1.82, 2.24) is 9.97 Å². The first-order chi connectivity index (χ1) is 9.95. The summed E-state index contributed by atoms with van der Waals surface area (Å²) >= 11 is 7.59. The third-order valence-corrected chi connectivity index (χ3v) is 4.59. The zero-order valence-electron chi connectivity index (χ0n) is 12.4. The molecule has 2 aromatic heterocycles. The van der Waals surface area contributed by atoms with Gasteiger partial charge >= 0.3 is 0 Å². The number of hydrogen-bond donors (Lipinski definition) is 2. The minimum absolute atomic E-state index is 0.214. The fourth-order valence-corrected chi connectivity index (χ4v) is 3.13. The number of aliphatic hydroxyl groups is 1. The number of halogens is 1. The molecular weight excluding hydrogens is 310 g/mol. The van der Waals surface area contributed by atoms with E-state index < -0.39 is 5.60 Å². The summed E-state index contributed by atoms with van der Waals surface area (Å²) in [5, 5.41) is 14.6. The number of anilines is 1. The molecule has 0 radical (unpaired) electrons. The van der Waals surface area contributed by atoms with Crippen molar-refractivity contribution < 1.29 is 9.84 Å². The zero-order chi connectivity index (χ0) is 15.5.